The number of benzene rings is 1. The number of hydrogen-bond donors (Lipinski definition) is 0. The Morgan fingerprint density at radius 1 is 0.947 bits per heavy atom. The van der Waals surface area contributed by atoms with Crippen molar-refractivity contribution in [3.8, 4) is 11.3 Å². The third-order valence-electron chi connectivity index (χ3n) is 2.99. The molecule has 3 aromatic rings. The quantitative estimate of drug-likeness (QED) is 0.701. The number of para-hydroxylation sites is 1. The van der Waals surface area contributed by atoms with E-state index in [1.165, 1.54) is 0 Å². The van der Waals surface area contributed by atoms with Crippen molar-refractivity contribution < 1.29 is 0 Å². The zero-order valence-corrected chi connectivity index (χ0v) is 10.9. The molecule has 4 heteroatoms. The molecule has 0 fully saturated rings. The van der Waals surface area contributed by atoms with Crippen LogP contribution in [0, 0.1) is 0 Å². The van der Waals surface area contributed by atoms with Crippen LogP contribution >= 0.6 is 0 Å². The Morgan fingerprint density at radius 3 is 2.53 bits per heavy atom. The second-order valence-corrected chi connectivity index (χ2v) is 4.59. The maximum absolute atomic E-state index is 4.44. The summed E-state index contributed by atoms with van der Waals surface area (Å²) in [7, 11) is 3.89. The molecule has 94 valence electrons. The standard InChI is InChI=1S/C15H14N4/c1-19(2)15-8-7-14(17-18-15)12-9-11-5-3-4-6-13(11)16-10-12/h3-10H,1-2H3. The summed E-state index contributed by atoms with van der Waals surface area (Å²) in [4.78, 5) is 6.36. The van der Waals surface area contributed by atoms with E-state index >= 15 is 0 Å². The normalized spacial score (nSPS) is 10.6. The summed E-state index contributed by atoms with van der Waals surface area (Å²) in [6.07, 6.45) is 1.84. The Morgan fingerprint density at radius 2 is 1.79 bits per heavy atom. The Balaban J connectivity index is 2.03. The number of rotatable bonds is 2. The fourth-order valence-corrected chi connectivity index (χ4v) is 1.93. The zero-order chi connectivity index (χ0) is 13.2. The molecule has 0 radical (unpaired) electrons. The van der Waals surface area contributed by atoms with Gasteiger partial charge in [-0.2, -0.15) is 0 Å². The fraction of sp³-hybridized carbons (Fsp3) is 0.133. The average Bonchev–Trinajstić information content (AvgIpc) is 2.47. The first-order valence-corrected chi connectivity index (χ1v) is 6.10. The van der Waals surface area contributed by atoms with Crippen molar-refractivity contribution in [1.29, 1.82) is 0 Å². The molecule has 0 aliphatic carbocycles. The highest BCUT2D eigenvalue weighted by atomic mass is 15.2. The Bertz CT molecular complexity index is 705. The largest absolute Gasteiger partial charge is 0.361 e. The van der Waals surface area contributed by atoms with Gasteiger partial charge in [0.2, 0.25) is 0 Å². The molecule has 0 saturated heterocycles. The van der Waals surface area contributed by atoms with Crippen LogP contribution in [0.15, 0.2) is 48.7 Å². The average molecular weight is 250 g/mol. The molecule has 3 rings (SSSR count). The second kappa shape index (κ2) is 4.65. The maximum atomic E-state index is 4.44. The SMILES string of the molecule is CN(C)c1ccc(-c2cnc3ccccc3c2)nn1. The molecule has 0 aliphatic heterocycles. The number of aromatic nitrogens is 3. The van der Waals surface area contributed by atoms with Crippen molar-refractivity contribution in [1.82, 2.24) is 15.2 Å². The number of anilines is 1. The van der Waals surface area contributed by atoms with Crippen LogP contribution < -0.4 is 4.90 Å². The van der Waals surface area contributed by atoms with Gasteiger partial charge in [-0.1, -0.05) is 18.2 Å². The van der Waals surface area contributed by atoms with E-state index in [1.54, 1.807) is 0 Å². The minimum atomic E-state index is 0.837. The lowest BCUT2D eigenvalue weighted by molar-refractivity contribution is 0.968. The predicted octanol–water partition coefficient (Wildman–Crippen LogP) is 2.76. The van der Waals surface area contributed by atoms with Crippen LogP contribution in [0.1, 0.15) is 0 Å². The van der Waals surface area contributed by atoms with Crippen molar-refractivity contribution in [3.05, 3.63) is 48.7 Å². The van der Waals surface area contributed by atoms with Crippen molar-refractivity contribution in [2.24, 2.45) is 0 Å². The summed E-state index contributed by atoms with van der Waals surface area (Å²) in [6.45, 7) is 0. The van der Waals surface area contributed by atoms with E-state index in [1.807, 2.05) is 61.6 Å². The van der Waals surface area contributed by atoms with E-state index in [-0.39, 0.29) is 0 Å². The summed E-state index contributed by atoms with van der Waals surface area (Å²) < 4.78 is 0. The first-order chi connectivity index (χ1) is 9.24. The van der Waals surface area contributed by atoms with Crippen molar-refractivity contribution in [2.45, 2.75) is 0 Å². The monoisotopic (exact) mass is 250 g/mol. The van der Waals surface area contributed by atoms with Gasteiger partial charge in [-0.3, -0.25) is 4.98 Å². The molecular weight excluding hydrogens is 236 g/mol. The Hall–Kier alpha value is -2.49. The summed E-state index contributed by atoms with van der Waals surface area (Å²) in [5, 5.41) is 9.54. The molecule has 0 bridgehead atoms. The van der Waals surface area contributed by atoms with Gasteiger partial charge in [-0.05, 0) is 24.3 Å². The van der Waals surface area contributed by atoms with Gasteiger partial charge in [-0.25, -0.2) is 0 Å². The molecule has 1 aromatic carbocycles. The Labute approximate surface area is 111 Å². The van der Waals surface area contributed by atoms with E-state index < -0.39 is 0 Å². The fourth-order valence-electron chi connectivity index (χ4n) is 1.93. The first kappa shape index (κ1) is 11.6. The van der Waals surface area contributed by atoms with Gasteiger partial charge in [0.25, 0.3) is 0 Å². The van der Waals surface area contributed by atoms with Crippen molar-refractivity contribution >= 4 is 16.7 Å². The van der Waals surface area contributed by atoms with Gasteiger partial charge >= 0.3 is 0 Å². The molecule has 0 amide bonds. The molecule has 0 saturated carbocycles. The number of pyridine rings is 1. The van der Waals surface area contributed by atoms with Gasteiger partial charge in [0.15, 0.2) is 5.82 Å². The minimum Gasteiger partial charge on any atom is -0.361 e. The molecule has 19 heavy (non-hydrogen) atoms. The van der Waals surface area contributed by atoms with Crippen LogP contribution in [0.4, 0.5) is 5.82 Å². The molecule has 0 aliphatic rings. The van der Waals surface area contributed by atoms with Crippen LogP contribution in [-0.2, 0) is 0 Å². The summed E-state index contributed by atoms with van der Waals surface area (Å²) in [5.74, 6) is 0.845. The highest BCUT2D eigenvalue weighted by molar-refractivity contribution is 5.82. The Kier molecular flexibility index (Phi) is 2.83. The third kappa shape index (κ3) is 2.25. The second-order valence-electron chi connectivity index (χ2n) is 4.59. The smallest absolute Gasteiger partial charge is 0.150 e. The van der Waals surface area contributed by atoms with Crippen molar-refractivity contribution in [3.63, 3.8) is 0 Å². The molecule has 0 atom stereocenters. The zero-order valence-electron chi connectivity index (χ0n) is 10.9. The van der Waals surface area contributed by atoms with E-state index in [9.17, 15) is 0 Å². The van der Waals surface area contributed by atoms with Crippen LogP contribution in [0.25, 0.3) is 22.2 Å². The highest BCUT2D eigenvalue weighted by Crippen LogP contribution is 2.21. The highest BCUT2D eigenvalue weighted by Gasteiger charge is 2.04. The number of fused-ring (bicyclic) bond motifs is 1. The summed E-state index contributed by atoms with van der Waals surface area (Å²) in [6, 6.07) is 14.1. The lowest BCUT2D eigenvalue weighted by Crippen LogP contribution is -2.11. The van der Waals surface area contributed by atoms with E-state index in [2.05, 4.69) is 21.2 Å². The van der Waals surface area contributed by atoms with Gasteiger partial charge in [0, 0.05) is 31.2 Å². The molecule has 4 nitrogen and oxygen atoms in total. The van der Waals surface area contributed by atoms with Gasteiger partial charge in [-0.15, -0.1) is 10.2 Å². The number of hydrogen-bond acceptors (Lipinski definition) is 4. The molecule has 0 spiro atoms. The van der Waals surface area contributed by atoms with Crippen molar-refractivity contribution in [2.75, 3.05) is 19.0 Å². The molecular formula is C15H14N4. The predicted molar refractivity (Wildman–Crippen MR) is 77.1 cm³/mol. The summed E-state index contributed by atoms with van der Waals surface area (Å²) in [5.41, 5.74) is 2.81. The van der Waals surface area contributed by atoms with Gasteiger partial charge in [0.1, 0.15) is 0 Å². The lowest BCUT2D eigenvalue weighted by atomic mass is 10.1. The maximum Gasteiger partial charge on any atom is 0.150 e. The van der Waals surface area contributed by atoms with Gasteiger partial charge < -0.3 is 4.90 Å². The first-order valence-electron chi connectivity index (χ1n) is 6.10. The van der Waals surface area contributed by atoms with E-state index in [0.29, 0.717) is 0 Å². The van der Waals surface area contributed by atoms with Crippen LogP contribution in [0.3, 0.4) is 0 Å². The minimum absolute atomic E-state index is 0.837. The van der Waals surface area contributed by atoms with Crippen LogP contribution in [0.2, 0.25) is 0 Å². The molecule has 2 aromatic heterocycles. The third-order valence-corrected chi connectivity index (χ3v) is 2.99. The topological polar surface area (TPSA) is 41.9 Å². The van der Waals surface area contributed by atoms with Crippen LogP contribution in [0.5, 0.6) is 0 Å². The molecule has 2 heterocycles. The summed E-state index contributed by atoms with van der Waals surface area (Å²) >= 11 is 0. The number of nitrogens with zero attached hydrogens (tertiary/aromatic N) is 4. The van der Waals surface area contributed by atoms with Crippen LogP contribution in [-0.4, -0.2) is 29.3 Å². The van der Waals surface area contributed by atoms with E-state index in [0.717, 1.165) is 28.0 Å². The van der Waals surface area contributed by atoms with E-state index in [4.69, 9.17) is 0 Å². The lowest BCUT2D eigenvalue weighted by Gasteiger charge is -2.10. The molecule has 0 unspecified atom stereocenters. The van der Waals surface area contributed by atoms with Gasteiger partial charge in [0.05, 0.1) is 11.2 Å². The molecule has 0 N–H and O–H groups in total.